The number of Topliss-reactive ketones (excluding diaryl/α,β-unsaturated/α-hetero) is 1. The smallest absolute Gasteiger partial charge is 0.179 e. The van der Waals surface area contributed by atoms with Gasteiger partial charge in [0.25, 0.3) is 0 Å². The van der Waals surface area contributed by atoms with E-state index in [0.717, 1.165) is 12.0 Å². The van der Waals surface area contributed by atoms with Crippen LogP contribution >= 0.6 is 0 Å². The van der Waals surface area contributed by atoms with Gasteiger partial charge in [0.15, 0.2) is 5.78 Å². The van der Waals surface area contributed by atoms with E-state index >= 15 is 0 Å². The summed E-state index contributed by atoms with van der Waals surface area (Å²) >= 11 is 0. The highest BCUT2D eigenvalue weighted by molar-refractivity contribution is 6.00. The van der Waals surface area contributed by atoms with Crippen molar-refractivity contribution in [2.45, 2.75) is 57.5 Å². The fourth-order valence-corrected chi connectivity index (χ4v) is 3.20. The summed E-state index contributed by atoms with van der Waals surface area (Å²) in [6.07, 6.45) is 7.36. The molecule has 2 heteroatoms. The number of ketones is 1. The van der Waals surface area contributed by atoms with Crippen LogP contribution in [-0.2, 0) is 0 Å². The maximum atomic E-state index is 12.6. The average Bonchev–Trinajstić information content (AvgIpc) is 2.49. The molecule has 0 bridgehead atoms. The largest absolute Gasteiger partial charge is 0.293 e. The molecule has 0 saturated heterocycles. The third kappa shape index (κ3) is 3.44. The Kier molecular flexibility index (Phi) is 5.15. The SMILES string of the molecule is CCC(C(=O)c1ccccc1)N(C)C1CCCCC1. The molecule has 1 aromatic rings. The van der Waals surface area contributed by atoms with E-state index < -0.39 is 0 Å². The summed E-state index contributed by atoms with van der Waals surface area (Å²) < 4.78 is 0. The standard InChI is InChI=1S/C17H25NO/c1-3-16(17(19)14-10-6-4-7-11-14)18(2)15-12-8-5-9-13-15/h4,6-7,10-11,15-16H,3,5,8-9,12-13H2,1-2H3. The van der Waals surface area contributed by atoms with Gasteiger partial charge >= 0.3 is 0 Å². The third-order valence-corrected chi connectivity index (χ3v) is 4.39. The van der Waals surface area contributed by atoms with Gasteiger partial charge in [-0.15, -0.1) is 0 Å². The highest BCUT2D eigenvalue weighted by atomic mass is 16.1. The van der Waals surface area contributed by atoms with E-state index in [4.69, 9.17) is 0 Å². The summed E-state index contributed by atoms with van der Waals surface area (Å²) in [5.74, 6) is 0.274. The maximum Gasteiger partial charge on any atom is 0.179 e. The lowest BCUT2D eigenvalue weighted by Gasteiger charge is -2.36. The Labute approximate surface area is 116 Å². The van der Waals surface area contributed by atoms with Crippen LogP contribution in [0, 0.1) is 0 Å². The molecule has 0 N–H and O–H groups in total. The third-order valence-electron chi connectivity index (χ3n) is 4.39. The first-order valence-corrected chi connectivity index (χ1v) is 7.55. The molecule has 2 rings (SSSR count). The number of nitrogens with zero attached hydrogens (tertiary/aromatic N) is 1. The zero-order chi connectivity index (χ0) is 13.7. The minimum absolute atomic E-state index is 0.0329. The minimum atomic E-state index is 0.0329. The van der Waals surface area contributed by atoms with Gasteiger partial charge in [-0.25, -0.2) is 0 Å². The maximum absolute atomic E-state index is 12.6. The lowest BCUT2D eigenvalue weighted by atomic mass is 9.91. The molecule has 1 aliphatic rings. The van der Waals surface area contributed by atoms with Crippen LogP contribution in [0.1, 0.15) is 55.8 Å². The molecular weight excluding hydrogens is 234 g/mol. The number of hydrogen-bond donors (Lipinski definition) is 0. The predicted molar refractivity (Wildman–Crippen MR) is 79.5 cm³/mol. The first-order chi connectivity index (χ1) is 9.24. The molecular formula is C17H25NO. The minimum Gasteiger partial charge on any atom is -0.293 e. The van der Waals surface area contributed by atoms with Gasteiger partial charge in [-0.1, -0.05) is 56.5 Å². The summed E-state index contributed by atoms with van der Waals surface area (Å²) in [6, 6.07) is 10.3. The number of likely N-dealkylation sites (N-methyl/N-ethyl adjacent to an activating group) is 1. The second-order valence-electron chi connectivity index (χ2n) is 5.61. The Hall–Kier alpha value is -1.15. The molecule has 1 aromatic carbocycles. The van der Waals surface area contributed by atoms with Crippen molar-refractivity contribution in [1.29, 1.82) is 0 Å². The molecule has 1 aliphatic carbocycles. The van der Waals surface area contributed by atoms with E-state index in [-0.39, 0.29) is 11.8 Å². The first kappa shape index (κ1) is 14.3. The van der Waals surface area contributed by atoms with Crippen LogP contribution in [-0.4, -0.2) is 29.8 Å². The monoisotopic (exact) mass is 259 g/mol. The van der Waals surface area contributed by atoms with Crippen molar-refractivity contribution >= 4 is 5.78 Å². The number of hydrogen-bond acceptors (Lipinski definition) is 2. The lowest BCUT2D eigenvalue weighted by Crippen LogP contribution is -2.45. The molecule has 104 valence electrons. The number of carbonyl (C=O) groups excluding carboxylic acids is 1. The summed E-state index contributed by atoms with van der Waals surface area (Å²) in [4.78, 5) is 14.9. The Morgan fingerprint density at radius 1 is 1.21 bits per heavy atom. The molecule has 0 aliphatic heterocycles. The summed E-state index contributed by atoms with van der Waals surface area (Å²) in [6.45, 7) is 2.12. The summed E-state index contributed by atoms with van der Waals surface area (Å²) in [7, 11) is 2.13. The van der Waals surface area contributed by atoms with Crippen LogP contribution in [0.2, 0.25) is 0 Å². The highest BCUT2D eigenvalue weighted by Gasteiger charge is 2.28. The molecule has 1 unspecified atom stereocenters. The van der Waals surface area contributed by atoms with Gasteiger partial charge < -0.3 is 0 Å². The zero-order valence-electron chi connectivity index (χ0n) is 12.1. The molecule has 1 fully saturated rings. The van der Waals surface area contributed by atoms with Crippen LogP contribution in [0.4, 0.5) is 0 Å². The van der Waals surface area contributed by atoms with Gasteiger partial charge in [0.2, 0.25) is 0 Å². The van der Waals surface area contributed by atoms with E-state index in [9.17, 15) is 4.79 Å². The van der Waals surface area contributed by atoms with Gasteiger partial charge in [-0.05, 0) is 26.3 Å². The molecule has 0 aromatic heterocycles. The number of carbonyl (C=O) groups is 1. The molecule has 0 heterocycles. The van der Waals surface area contributed by atoms with Crippen LogP contribution in [0.3, 0.4) is 0 Å². The van der Waals surface area contributed by atoms with E-state index in [1.807, 2.05) is 30.3 Å². The number of benzene rings is 1. The van der Waals surface area contributed by atoms with Crippen molar-refractivity contribution in [2.24, 2.45) is 0 Å². The van der Waals surface area contributed by atoms with Crippen LogP contribution < -0.4 is 0 Å². The summed E-state index contributed by atoms with van der Waals surface area (Å²) in [5.41, 5.74) is 0.844. The summed E-state index contributed by atoms with van der Waals surface area (Å²) in [5, 5.41) is 0. The average molecular weight is 259 g/mol. The van der Waals surface area contributed by atoms with E-state index in [0.29, 0.717) is 6.04 Å². The molecule has 19 heavy (non-hydrogen) atoms. The molecule has 1 atom stereocenters. The normalized spacial score (nSPS) is 18.5. The fourth-order valence-electron chi connectivity index (χ4n) is 3.20. The van der Waals surface area contributed by atoms with Crippen molar-refractivity contribution in [3.05, 3.63) is 35.9 Å². The fraction of sp³-hybridized carbons (Fsp3) is 0.588. The first-order valence-electron chi connectivity index (χ1n) is 7.55. The quantitative estimate of drug-likeness (QED) is 0.747. The second kappa shape index (κ2) is 6.85. The van der Waals surface area contributed by atoms with E-state index in [1.54, 1.807) is 0 Å². The topological polar surface area (TPSA) is 20.3 Å². The Morgan fingerprint density at radius 3 is 2.42 bits per heavy atom. The van der Waals surface area contributed by atoms with Crippen molar-refractivity contribution in [1.82, 2.24) is 4.90 Å². The molecule has 2 nitrogen and oxygen atoms in total. The van der Waals surface area contributed by atoms with Crippen LogP contribution in [0.25, 0.3) is 0 Å². The van der Waals surface area contributed by atoms with Gasteiger partial charge in [0, 0.05) is 11.6 Å². The van der Waals surface area contributed by atoms with Gasteiger partial charge in [-0.2, -0.15) is 0 Å². The predicted octanol–water partition coefficient (Wildman–Crippen LogP) is 3.91. The van der Waals surface area contributed by atoms with Gasteiger partial charge in [-0.3, -0.25) is 9.69 Å². The molecule has 0 amide bonds. The Balaban J connectivity index is 2.08. The zero-order valence-corrected chi connectivity index (χ0v) is 12.1. The van der Waals surface area contributed by atoms with Crippen molar-refractivity contribution in [3.8, 4) is 0 Å². The van der Waals surface area contributed by atoms with E-state index in [1.165, 1.54) is 32.1 Å². The Morgan fingerprint density at radius 2 is 1.84 bits per heavy atom. The van der Waals surface area contributed by atoms with Crippen molar-refractivity contribution in [2.75, 3.05) is 7.05 Å². The lowest BCUT2D eigenvalue weighted by molar-refractivity contribution is 0.0742. The molecule has 1 saturated carbocycles. The van der Waals surface area contributed by atoms with Crippen LogP contribution in [0.15, 0.2) is 30.3 Å². The van der Waals surface area contributed by atoms with Gasteiger partial charge in [0.1, 0.15) is 0 Å². The molecule has 0 radical (unpaired) electrons. The Bertz CT molecular complexity index is 395. The molecule has 0 spiro atoms. The van der Waals surface area contributed by atoms with Crippen molar-refractivity contribution < 1.29 is 4.79 Å². The number of rotatable bonds is 5. The second-order valence-corrected chi connectivity index (χ2v) is 5.61. The van der Waals surface area contributed by atoms with Crippen molar-refractivity contribution in [3.63, 3.8) is 0 Å². The van der Waals surface area contributed by atoms with Gasteiger partial charge in [0.05, 0.1) is 6.04 Å². The van der Waals surface area contributed by atoms with Crippen LogP contribution in [0.5, 0.6) is 0 Å². The van der Waals surface area contributed by atoms with E-state index in [2.05, 4.69) is 18.9 Å². The highest BCUT2D eigenvalue weighted by Crippen LogP contribution is 2.25.